The number of carboxylic acid groups (broad SMARTS) is 2. The smallest absolute Gasteiger partial charge is 0.418 e. The lowest BCUT2D eigenvalue weighted by Crippen LogP contribution is -2.34. The van der Waals surface area contributed by atoms with Crippen LogP contribution in [0.4, 0.5) is 9.59 Å². The van der Waals surface area contributed by atoms with E-state index in [2.05, 4.69) is 0 Å². The Kier molecular flexibility index (Phi) is 2.19. The predicted octanol–water partition coefficient (Wildman–Crippen LogP) is 0.674. The highest BCUT2D eigenvalue weighted by Crippen LogP contribution is 2.15. The number of rotatable bonds is 0. The molecule has 0 aromatic rings. The third-order valence-corrected chi connectivity index (χ3v) is 1.39. The minimum atomic E-state index is -1.55. The van der Waals surface area contributed by atoms with Crippen LogP contribution in [-0.4, -0.2) is 42.4 Å². The Labute approximate surface area is 77.2 Å². The van der Waals surface area contributed by atoms with Crippen LogP contribution in [0.5, 0.6) is 0 Å². The van der Waals surface area contributed by atoms with Gasteiger partial charge < -0.3 is 20.4 Å². The van der Waals surface area contributed by atoms with Gasteiger partial charge >= 0.3 is 12.2 Å². The third-order valence-electron chi connectivity index (χ3n) is 1.39. The molecule has 8 nitrogen and oxygen atoms in total. The standard InChI is InChI=1S/C6H6N2O6/c9-3-1-7(5(11)12)4(10)2-8(3)6(13)14/h1-2,9-10H,(H,11,12)(H,13,14). The van der Waals surface area contributed by atoms with Gasteiger partial charge in [-0.15, -0.1) is 0 Å². The molecule has 14 heavy (non-hydrogen) atoms. The second-order valence-corrected chi connectivity index (χ2v) is 2.28. The van der Waals surface area contributed by atoms with E-state index >= 15 is 0 Å². The predicted molar refractivity (Wildman–Crippen MR) is 41.2 cm³/mol. The van der Waals surface area contributed by atoms with E-state index in [1.807, 2.05) is 0 Å². The molecule has 8 heteroatoms. The summed E-state index contributed by atoms with van der Waals surface area (Å²) in [5.41, 5.74) is 0. The highest BCUT2D eigenvalue weighted by atomic mass is 16.4. The van der Waals surface area contributed by atoms with Crippen LogP contribution in [-0.2, 0) is 0 Å². The molecule has 1 heterocycles. The van der Waals surface area contributed by atoms with Gasteiger partial charge in [0, 0.05) is 0 Å². The Bertz CT molecular complexity index is 312. The first kappa shape index (κ1) is 9.71. The number of carbonyl (C=O) groups is 2. The summed E-state index contributed by atoms with van der Waals surface area (Å²) < 4.78 is 0. The van der Waals surface area contributed by atoms with E-state index in [0.29, 0.717) is 12.4 Å². The van der Waals surface area contributed by atoms with Gasteiger partial charge in [0.2, 0.25) is 11.8 Å². The Morgan fingerprint density at radius 3 is 1.43 bits per heavy atom. The Balaban J connectivity index is 3.01. The zero-order valence-electron chi connectivity index (χ0n) is 6.65. The fraction of sp³-hybridized carbons (Fsp3) is 0. The summed E-state index contributed by atoms with van der Waals surface area (Å²) in [4.78, 5) is 21.3. The van der Waals surface area contributed by atoms with Crippen molar-refractivity contribution in [3.05, 3.63) is 24.2 Å². The Morgan fingerprint density at radius 2 is 1.21 bits per heavy atom. The van der Waals surface area contributed by atoms with Crippen LogP contribution < -0.4 is 0 Å². The molecule has 76 valence electrons. The molecule has 0 bridgehead atoms. The van der Waals surface area contributed by atoms with Gasteiger partial charge in [-0.3, -0.25) is 0 Å². The van der Waals surface area contributed by atoms with Crippen molar-refractivity contribution >= 4 is 12.2 Å². The van der Waals surface area contributed by atoms with Crippen molar-refractivity contribution in [1.29, 1.82) is 0 Å². The minimum absolute atomic E-state index is 0.273. The van der Waals surface area contributed by atoms with E-state index < -0.39 is 24.0 Å². The molecule has 0 unspecified atom stereocenters. The van der Waals surface area contributed by atoms with Crippen molar-refractivity contribution in [1.82, 2.24) is 9.80 Å². The molecule has 1 aliphatic heterocycles. The summed E-state index contributed by atoms with van der Waals surface area (Å²) in [5.74, 6) is -1.64. The second kappa shape index (κ2) is 3.17. The molecule has 4 N–H and O–H groups in total. The summed E-state index contributed by atoms with van der Waals surface area (Å²) in [6.45, 7) is 0. The number of hydrogen-bond acceptors (Lipinski definition) is 4. The fourth-order valence-corrected chi connectivity index (χ4v) is 0.794. The normalized spacial score (nSPS) is 16.0. The summed E-state index contributed by atoms with van der Waals surface area (Å²) in [6.07, 6.45) is -1.97. The zero-order valence-corrected chi connectivity index (χ0v) is 6.65. The van der Waals surface area contributed by atoms with Crippen LogP contribution in [0, 0.1) is 0 Å². The van der Waals surface area contributed by atoms with Crippen LogP contribution in [0.3, 0.4) is 0 Å². The molecule has 0 radical (unpaired) electrons. The maximum absolute atomic E-state index is 10.4. The van der Waals surface area contributed by atoms with Gasteiger partial charge in [-0.1, -0.05) is 0 Å². The lowest BCUT2D eigenvalue weighted by atomic mass is 10.5. The monoisotopic (exact) mass is 202 g/mol. The van der Waals surface area contributed by atoms with E-state index in [-0.39, 0.29) is 9.80 Å². The molecule has 0 aromatic heterocycles. The lowest BCUT2D eigenvalue weighted by molar-refractivity contribution is 0.121. The summed E-state index contributed by atoms with van der Waals surface area (Å²) >= 11 is 0. The lowest BCUT2D eigenvalue weighted by Gasteiger charge is -2.23. The summed E-state index contributed by atoms with van der Waals surface area (Å²) in [6, 6.07) is 0. The number of amides is 2. The van der Waals surface area contributed by atoms with E-state index in [9.17, 15) is 9.59 Å². The highest BCUT2D eigenvalue weighted by molar-refractivity contribution is 5.72. The largest absolute Gasteiger partial charge is 0.493 e. The zero-order chi connectivity index (χ0) is 10.9. The molecule has 2 amide bonds. The average molecular weight is 202 g/mol. The number of hydrogen-bond donors (Lipinski definition) is 4. The van der Waals surface area contributed by atoms with Crippen molar-refractivity contribution < 1.29 is 30.0 Å². The van der Waals surface area contributed by atoms with Crippen molar-refractivity contribution in [3.63, 3.8) is 0 Å². The molecule has 1 aliphatic rings. The van der Waals surface area contributed by atoms with Crippen molar-refractivity contribution in [3.8, 4) is 0 Å². The summed E-state index contributed by atoms with van der Waals surface area (Å²) in [7, 11) is 0. The average Bonchev–Trinajstić information content (AvgIpc) is 2.07. The first-order valence-corrected chi connectivity index (χ1v) is 3.29. The van der Waals surface area contributed by atoms with Crippen LogP contribution in [0.2, 0.25) is 0 Å². The van der Waals surface area contributed by atoms with Gasteiger partial charge in [-0.25, -0.2) is 19.4 Å². The number of nitrogens with zero attached hydrogens (tertiary/aromatic N) is 2. The highest BCUT2D eigenvalue weighted by Gasteiger charge is 2.26. The maximum atomic E-state index is 10.4. The molecule has 0 atom stereocenters. The van der Waals surface area contributed by atoms with E-state index in [0.717, 1.165) is 0 Å². The molecular formula is C6H6N2O6. The van der Waals surface area contributed by atoms with Crippen molar-refractivity contribution in [2.75, 3.05) is 0 Å². The van der Waals surface area contributed by atoms with Crippen molar-refractivity contribution in [2.24, 2.45) is 0 Å². The fourth-order valence-electron chi connectivity index (χ4n) is 0.794. The van der Waals surface area contributed by atoms with E-state index in [1.165, 1.54) is 0 Å². The first-order valence-electron chi connectivity index (χ1n) is 3.29. The Hall–Kier alpha value is -2.38. The topological polar surface area (TPSA) is 122 Å². The molecule has 0 aromatic carbocycles. The van der Waals surface area contributed by atoms with Gasteiger partial charge in [0.1, 0.15) is 0 Å². The molecule has 0 spiro atoms. The van der Waals surface area contributed by atoms with Gasteiger partial charge in [0.15, 0.2) is 0 Å². The molecule has 1 rings (SSSR count). The molecule has 0 saturated heterocycles. The van der Waals surface area contributed by atoms with Crippen LogP contribution in [0.1, 0.15) is 0 Å². The Morgan fingerprint density at radius 1 is 0.929 bits per heavy atom. The second-order valence-electron chi connectivity index (χ2n) is 2.28. The van der Waals surface area contributed by atoms with Gasteiger partial charge in [0.05, 0.1) is 12.4 Å². The molecular weight excluding hydrogens is 196 g/mol. The summed E-state index contributed by atoms with van der Waals surface area (Å²) in [5, 5.41) is 35.0. The van der Waals surface area contributed by atoms with Gasteiger partial charge in [0.25, 0.3) is 0 Å². The minimum Gasteiger partial charge on any atom is -0.493 e. The quantitative estimate of drug-likeness (QED) is 0.458. The molecule has 0 aliphatic carbocycles. The number of aliphatic hydroxyl groups is 2. The van der Waals surface area contributed by atoms with Crippen LogP contribution >= 0.6 is 0 Å². The first-order chi connectivity index (χ1) is 6.43. The van der Waals surface area contributed by atoms with Gasteiger partial charge in [-0.05, 0) is 0 Å². The van der Waals surface area contributed by atoms with E-state index in [1.54, 1.807) is 0 Å². The maximum Gasteiger partial charge on any atom is 0.418 e. The third kappa shape index (κ3) is 1.53. The van der Waals surface area contributed by atoms with E-state index in [4.69, 9.17) is 20.4 Å². The molecule has 0 fully saturated rings. The van der Waals surface area contributed by atoms with Gasteiger partial charge in [-0.2, -0.15) is 0 Å². The van der Waals surface area contributed by atoms with Crippen LogP contribution in [0.15, 0.2) is 24.2 Å². The van der Waals surface area contributed by atoms with Crippen LogP contribution in [0.25, 0.3) is 0 Å². The molecule has 0 saturated carbocycles. The van der Waals surface area contributed by atoms with Crippen molar-refractivity contribution in [2.45, 2.75) is 0 Å². The SMILES string of the molecule is O=C(O)N1C=C(O)N(C(=O)O)C=C1O. The number of aliphatic hydroxyl groups excluding tert-OH is 2.